The molecule has 0 atom stereocenters. The van der Waals surface area contributed by atoms with Crippen LogP contribution in [0.2, 0.25) is 0 Å². The normalized spacial score (nSPS) is 11.6. The van der Waals surface area contributed by atoms with Gasteiger partial charge in [0.05, 0.1) is 25.7 Å². The quantitative estimate of drug-likeness (QED) is 0.546. The Hall–Kier alpha value is -3.00. The Bertz CT molecular complexity index is 902. The second kappa shape index (κ2) is 9.09. The molecule has 0 unspecified atom stereocenters. The summed E-state index contributed by atoms with van der Waals surface area (Å²) in [6.45, 7) is 2.29. The van der Waals surface area contributed by atoms with Gasteiger partial charge in [0.1, 0.15) is 11.5 Å². The van der Waals surface area contributed by atoms with E-state index in [4.69, 9.17) is 9.47 Å². The number of rotatable bonds is 8. The maximum absolute atomic E-state index is 12.9. The highest BCUT2D eigenvalue weighted by Crippen LogP contribution is 2.24. The molecule has 27 heavy (non-hydrogen) atoms. The molecule has 0 spiro atoms. The van der Waals surface area contributed by atoms with Crippen LogP contribution < -0.4 is 14.8 Å². The van der Waals surface area contributed by atoms with Crippen molar-refractivity contribution in [2.45, 2.75) is 11.8 Å². The van der Waals surface area contributed by atoms with Crippen molar-refractivity contribution in [2.75, 3.05) is 26.1 Å². The molecule has 8 heteroatoms. The Kier molecular flexibility index (Phi) is 6.84. The maximum Gasteiger partial charge on any atom is 0.351 e. The molecule has 0 aromatic heterocycles. The van der Waals surface area contributed by atoms with Crippen molar-refractivity contribution in [3.8, 4) is 11.5 Å². The number of ether oxygens (including phenoxy) is 3. The van der Waals surface area contributed by atoms with Gasteiger partial charge in [0.25, 0.3) is 0 Å². The summed E-state index contributed by atoms with van der Waals surface area (Å²) in [6, 6.07) is 12.6. The Morgan fingerprint density at radius 2 is 1.59 bits per heavy atom. The number of nitrogens with one attached hydrogen (secondary N) is 1. The van der Waals surface area contributed by atoms with E-state index in [1.807, 2.05) is 6.92 Å². The van der Waals surface area contributed by atoms with E-state index in [1.54, 1.807) is 31.4 Å². The number of benzene rings is 2. The highest BCUT2D eigenvalue weighted by atomic mass is 32.2. The number of carbonyl (C=O) groups is 1. The third kappa shape index (κ3) is 5.01. The Morgan fingerprint density at radius 3 is 2.11 bits per heavy atom. The number of hydrogen-bond acceptors (Lipinski definition) is 7. The van der Waals surface area contributed by atoms with Gasteiger partial charge in [0.2, 0.25) is 9.84 Å². The van der Waals surface area contributed by atoms with Crippen LogP contribution >= 0.6 is 0 Å². The van der Waals surface area contributed by atoms with E-state index in [2.05, 4.69) is 10.1 Å². The molecule has 0 bridgehead atoms. The van der Waals surface area contributed by atoms with Gasteiger partial charge >= 0.3 is 5.97 Å². The van der Waals surface area contributed by atoms with Gasteiger partial charge in [-0.25, -0.2) is 13.2 Å². The number of esters is 1. The van der Waals surface area contributed by atoms with Crippen LogP contribution in [0.4, 0.5) is 5.69 Å². The number of anilines is 1. The van der Waals surface area contributed by atoms with Crippen molar-refractivity contribution in [3.63, 3.8) is 0 Å². The van der Waals surface area contributed by atoms with E-state index in [1.165, 1.54) is 24.3 Å². The second-order valence-electron chi connectivity index (χ2n) is 5.28. The standard InChI is InChI=1S/C19H21NO6S/c1-4-26-16-9-11-17(12-10-16)27(22,23)18(19(21)25-3)13-20-14-5-7-15(24-2)8-6-14/h5-13,20H,4H2,1-3H3/b18-13-. The minimum Gasteiger partial charge on any atom is -0.497 e. The van der Waals surface area contributed by atoms with Crippen molar-refractivity contribution < 1.29 is 27.4 Å². The molecule has 0 aliphatic rings. The van der Waals surface area contributed by atoms with Gasteiger partial charge in [0.15, 0.2) is 4.91 Å². The molecule has 0 aliphatic heterocycles. The highest BCUT2D eigenvalue weighted by molar-refractivity contribution is 7.96. The fraction of sp³-hybridized carbons (Fsp3) is 0.211. The molecule has 1 N–H and O–H groups in total. The molecule has 2 aromatic carbocycles. The number of methoxy groups -OCH3 is 2. The lowest BCUT2D eigenvalue weighted by Crippen LogP contribution is -2.17. The summed E-state index contributed by atoms with van der Waals surface area (Å²) in [6.07, 6.45) is 1.11. The van der Waals surface area contributed by atoms with Crippen molar-refractivity contribution >= 4 is 21.5 Å². The fourth-order valence-corrected chi connectivity index (χ4v) is 3.46. The second-order valence-corrected chi connectivity index (χ2v) is 7.20. The van der Waals surface area contributed by atoms with Gasteiger partial charge in [0, 0.05) is 11.9 Å². The van der Waals surface area contributed by atoms with Crippen LogP contribution in [-0.2, 0) is 19.4 Å². The molecule has 2 rings (SSSR count). The number of sulfone groups is 1. The van der Waals surface area contributed by atoms with E-state index in [-0.39, 0.29) is 4.90 Å². The zero-order chi connectivity index (χ0) is 19.9. The lowest BCUT2D eigenvalue weighted by molar-refractivity contribution is -0.135. The van der Waals surface area contributed by atoms with Crippen LogP contribution in [0.25, 0.3) is 0 Å². The average Bonchev–Trinajstić information content (AvgIpc) is 2.69. The molecule has 0 aliphatic carbocycles. The zero-order valence-corrected chi connectivity index (χ0v) is 16.1. The van der Waals surface area contributed by atoms with Crippen molar-refractivity contribution in [3.05, 3.63) is 59.6 Å². The van der Waals surface area contributed by atoms with Crippen LogP contribution in [0.3, 0.4) is 0 Å². The summed E-state index contributed by atoms with van der Waals surface area (Å²) in [7, 11) is -1.42. The summed E-state index contributed by atoms with van der Waals surface area (Å²) < 4.78 is 40.7. The van der Waals surface area contributed by atoms with Crippen molar-refractivity contribution in [2.24, 2.45) is 0 Å². The first-order valence-electron chi connectivity index (χ1n) is 8.09. The van der Waals surface area contributed by atoms with E-state index in [9.17, 15) is 13.2 Å². The minimum absolute atomic E-state index is 0.0425. The summed E-state index contributed by atoms with van der Waals surface area (Å²) in [5.41, 5.74) is 0.582. The Balaban J connectivity index is 2.34. The Morgan fingerprint density at radius 1 is 1.00 bits per heavy atom. The molecule has 0 radical (unpaired) electrons. The first-order chi connectivity index (χ1) is 12.9. The molecule has 0 amide bonds. The van der Waals surface area contributed by atoms with Gasteiger partial charge < -0.3 is 19.5 Å². The largest absolute Gasteiger partial charge is 0.497 e. The van der Waals surface area contributed by atoms with E-state index < -0.39 is 20.7 Å². The van der Waals surface area contributed by atoms with Gasteiger partial charge in [-0.05, 0) is 55.5 Å². The lowest BCUT2D eigenvalue weighted by atomic mass is 10.3. The van der Waals surface area contributed by atoms with Gasteiger partial charge in [-0.1, -0.05) is 0 Å². The fourth-order valence-electron chi connectivity index (χ4n) is 2.19. The third-order valence-corrected chi connectivity index (χ3v) is 5.34. The van der Waals surface area contributed by atoms with Crippen LogP contribution in [0.1, 0.15) is 6.92 Å². The molecule has 7 nitrogen and oxygen atoms in total. The Labute approximate surface area is 158 Å². The van der Waals surface area contributed by atoms with E-state index in [0.29, 0.717) is 23.8 Å². The first-order valence-corrected chi connectivity index (χ1v) is 9.57. The molecule has 2 aromatic rings. The molecule has 144 valence electrons. The van der Waals surface area contributed by atoms with Gasteiger partial charge in [-0.2, -0.15) is 0 Å². The van der Waals surface area contributed by atoms with Gasteiger partial charge in [-0.3, -0.25) is 0 Å². The van der Waals surface area contributed by atoms with Crippen LogP contribution in [0, 0.1) is 0 Å². The summed E-state index contributed by atoms with van der Waals surface area (Å²) >= 11 is 0. The lowest BCUT2D eigenvalue weighted by Gasteiger charge is -2.10. The van der Waals surface area contributed by atoms with E-state index >= 15 is 0 Å². The molecule has 0 heterocycles. The maximum atomic E-state index is 12.9. The number of hydrogen-bond donors (Lipinski definition) is 1. The monoisotopic (exact) mass is 391 g/mol. The smallest absolute Gasteiger partial charge is 0.351 e. The molecular formula is C19H21NO6S. The van der Waals surface area contributed by atoms with E-state index in [0.717, 1.165) is 13.3 Å². The number of carbonyl (C=O) groups excluding carboxylic acids is 1. The van der Waals surface area contributed by atoms with Crippen LogP contribution in [0.5, 0.6) is 11.5 Å². The summed E-state index contributed by atoms with van der Waals surface area (Å²) in [5, 5.41) is 2.80. The molecular weight excluding hydrogens is 370 g/mol. The predicted octanol–water partition coefficient (Wildman–Crippen LogP) is 2.99. The van der Waals surface area contributed by atoms with Crippen molar-refractivity contribution in [1.29, 1.82) is 0 Å². The first kappa shape index (κ1) is 20.3. The summed E-state index contributed by atoms with van der Waals surface area (Å²) in [4.78, 5) is 11.5. The zero-order valence-electron chi connectivity index (χ0n) is 15.3. The summed E-state index contributed by atoms with van der Waals surface area (Å²) in [5.74, 6) is 0.223. The van der Waals surface area contributed by atoms with Crippen LogP contribution in [-0.4, -0.2) is 35.2 Å². The van der Waals surface area contributed by atoms with Crippen LogP contribution in [0.15, 0.2) is 64.5 Å². The molecule has 0 saturated carbocycles. The third-order valence-electron chi connectivity index (χ3n) is 3.58. The molecule has 0 fully saturated rings. The van der Waals surface area contributed by atoms with Gasteiger partial charge in [-0.15, -0.1) is 0 Å². The minimum atomic E-state index is -4.08. The highest BCUT2D eigenvalue weighted by Gasteiger charge is 2.28. The average molecular weight is 391 g/mol. The molecule has 0 saturated heterocycles. The predicted molar refractivity (Wildman–Crippen MR) is 102 cm³/mol. The van der Waals surface area contributed by atoms with Crippen molar-refractivity contribution in [1.82, 2.24) is 0 Å². The topological polar surface area (TPSA) is 90.9 Å². The SMILES string of the molecule is CCOc1ccc(S(=O)(=O)/C(=C\Nc2ccc(OC)cc2)C(=O)OC)cc1.